The van der Waals surface area contributed by atoms with Crippen molar-refractivity contribution in [3.05, 3.63) is 12.2 Å². The maximum atomic E-state index is 13.4. The minimum Gasteiger partial charge on any atom is -0.460 e. The zero-order valence-electron chi connectivity index (χ0n) is 36.9. The summed E-state index contributed by atoms with van der Waals surface area (Å²) in [6, 6.07) is -0.383. The van der Waals surface area contributed by atoms with Crippen molar-refractivity contribution >= 4 is 30.2 Å². The van der Waals surface area contributed by atoms with Gasteiger partial charge in [-0.2, -0.15) is 0 Å². The third-order valence-corrected chi connectivity index (χ3v) is 11.0. The molecule has 2 aliphatic rings. The van der Waals surface area contributed by atoms with E-state index in [1.54, 1.807) is 11.8 Å². The van der Waals surface area contributed by atoms with E-state index in [0.29, 0.717) is 57.6 Å². The van der Waals surface area contributed by atoms with Crippen molar-refractivity contribution in [3.63, 3.8) is 0 Å². The molecule has 2 aliphatic carbocycles. The van der Waals surface area contributed by atoms with Gasteiger partial charge in [-0.05, 0) is 92.8 Å². The van der Waals surface area contributed by atoms with Crippen molar-refractivity contribution < 1.29 is 38.2 Å². The molecule has 2 rings (SSSR count). The molecule has 328 valence electrons. The van der Waals surface area contributed by atoms with Gasteiger partial charge in [-0.3, -0.25) is 0 Å². The van der Waals surface area contributed by atoms with Crippen LogP contribution in [-0.4, -0.2) is 99.7 Å². The number of rotatable bonds is 22. The summed E-state index contributed by atoms with van der Waals surface area (Å²) in [6.45, 7) is 25.3. The van der Waals surface area contributed by atoms with Crippen molar-refractivity contribution in [3.8, 4) is 0 Å². The van der Waals surface area contributed by atoms with Crippen molar-refractivity contribution in [2.45, 2.75) is 158 Å². The highest BCUT2D eigenvalue weighted by Crippen LogP contribution is 2.47. The number of alkyl carbamates (subject to hydrolysis) is 2. The molecule has 0 aromatic carbocycles. The van der Waals surface area contributed by atoms with E-state index >= 15 is 0 Å². The number of carbonyl (C=O) groups is 5. The Balaban J connectivity index is 1.72. The lowest BCUT2D eigenvalue weighted by molar-refractivity contribution is -0.139. The maximum Gasteiger partial charge on any atom is 0.407 e. The smallest absolute Gasteiger partial charge is 0.407 e. The molecule has 0 heterocycles. The Labute approximate surface area is 343 Å². The molecule has 5 N–H and O–H groups in total. The molecule has 0 aromatic heterocycles. The summed E-state index contributed by atoms with van der Waals surface area (Å²) in [6.07, 6.45) is 9.97. The van der Waals surface area contributed by atoms with Crippen LogP contribution in [0.4, 0.5) is 19.2 Å². The van der Waals surface area contributed by atoms with Crippen LogP contribution in [0.25, 0.3) is 0 Å². The van der Waals surface area contributed by atoms with Crippen LogP contribution in [0.15, 0.2) is 12.2 Å². The molecule has 14 heteroatoms. The normalized spacial score (nSPS) is 23.6. The molecule has 14 nitrogen and oxygen atoms in total. The molecule has 2 saturated carbocycles. The summed E-state index contributed by atoms with van der Waals surface area (Å²) < 4.78 is 16.1. The van der Waals surface area contributed by atoms with Crippen LogP contribution in [0.5, 0.6) is 0 Å². The molecule has 0 saturated heterocycles. The molecular formula is C43H78N6O8. The first-order chi connectivity index (χ1) is 26.7. The standard InChI is InChI=1S/C43H78N6O8/c1-11-13-15-18-44-36(51)47-33-24-40(5,6)28-42(9,26-33)30-45-38(53)56-21-16-17-22-57-39(54)46-31-43(10)27-34(25-41(7,8)29-43)48-37(52)49(19-14-12-2)20-23-55-35(50)32(3)4/h33-34H,3,11-31H2,1-2,4-10H3,(H,45,53)(H,46,54)(H,48,52)(H2,44,47,51). The molecule has 0 radical (unpaired) electrons. The number of ether oxygens (including phenoxy) is 3. The zero-order valence-corrected chi connectivity index (χ0v) is 36.9. The van der Waals surface area contributed by atoms with Crippen molar-refractivity contribution in [1.82, 2.24) is 31.5 Å². The molecule has 4 unspecified atom stereocenters. The monoisotopic (exact) mass is 807 g/mol. The average molecular weight is 807 g/mol. The maximum absolute atomic E-state index is 13.4. The largest absolute Gasteiger partial charge is 0.460 e. The summed E-state index contributed by atoms with van der Waals surface area (Å²) in [7, 11) is 0. The van der Waals surface area contributed by atoms with Gasteiger partial charge in [-0.15, -0.1) is 0 Å². The lowest BCUT2D eigenvalue weighted by Gasteiger charge is -2.47. The number of carbonyl (C=O) groups excluding carboxylic acids is 5. The van der Waals surface area contributed by atoms with Crippen LogP contribution in [0.2, 0.25) is 0 Å². The Morgan fingerprint density at radius 2 is 1.14 bits per heavy atom. The van der Waals surface area contributed by atoms with Gasteiger partial charge in [0.05, 0.1) is 19.8 Å². The predicted molar refractivity (Wildman–Crippen MR) is 224 cm³/mol. The first-order valence-electron chi connectivity index (χ1n) is 21.4. The molecule has 6 amide bonds. The van der Waals surface area contributed by atoms with Crippen molar-refractivity contribution in [2.75, 3.05) is 52.5 Å². The van der Waals surface area contributed by atoms with E-state index in [2.05, 4.69) is 88.6 Å². The van der Waals surface area contributed by atoms with Gasteiger partial charge < -0.3 is 45.7 Å². The van der Waals surface area contributed by atoms with E-state index in [-0.39, 0.29) is 65.6 Å². The molecule has 4 atom stereocenters. The highest BCUT2D eigenvalue weighted by Gasteiger charge is 2.43. The van der Waals surface area contributed by atoms with Crippen molar-refractivity contribution in [2.24, 2.45) is 21.7 Å². The lowest BCUT2D eigenvalue weighted by Crippen LogP contribution is -2.53. The van der Waals surface area contributed by atoms with Crippen LogP contribution >= 0.6 is 0 Å². The van der Waals surface area contributed by atoms with Crippen molar-refractivity contribution in [1.29, 1.82) is 0 Å². The first kappa shape index (κ1) is 49.4. The van der Waals surface area contributed by atoms with Crippen LogP contribution < -0.4 is 26.6 Å². The van der Waals surface area contributed by atoms with Gasteiger partial charge in [0.1, 0.15) is 6.61 Å². The second-order valence-electron chi connectivity index (χ2n) is 19.0. The quantitative estimate of drug-likeness (QED) is 0.0319. The fourth-order valence-corrected chi connectivity index (χ4v) is 9.06. The first-order valence-corrected chi connectivity index (χ1v) is 21.4. The number of esters is 1. The topological polar surface area (TPSA) is 176 Å². The molecule has 57 heavy (non-hydrogen) atoms. The van der Waals surface area contributed by atoms with Gasteiger partial charge in [0.15, 0.2) is 0 Å². The number of hydrogen-bond donors (Lipinski definition) is 5. The second-order valence-corrected chi connectivity index (χ2v) is 19.0. The van der Waals surface area contributed by atoms with E-state index in [0.717, 1.165) is 64.2 Å². The van der Waals surface area contributed by atoms with Crippen LogP contribution in [0, 0.1) is 21.7 Å². The Morgan fingerprint density at radius 1 is 0.632 bits per heavy atom. The van der Waals surface area contributed by atoms with Crippen LogP contribution in [0.1, 0.15) is 146 Å². The number of nitrogens with one attached hydrogen (secondary N) is 5. The highest BCUT2D eigenvalue weighted by molar-refractivity contribution is 5.87. The highest BCUT2D eigenvalue weighted by atomic mass is 16.6. The summed E-state index contributed by atoms with van der Waals surface area (Å²) in [4.78, 5) is 64.6. The molecule has 0 bridgehead atoms. The number of urea groups is 2. The molecule has 0 aliphatic heterocycles. The third kappa shape index (κ3) is 20.0. The molecule has 0 spiro atoms. The molecule has 0 aromatic rings. The minimum absolute atomic E-state index is 0.0119. The lowest BCUT2D eigenvalue weighted by atomic mass is 9.62. The van der Waals surface area contributed by atoms with Gasteiger partial charge >= 0.3 is 30.2 Å². The average Bonchev–Trinajstić information content (AvgIpc) is 3.09. The van der Waals surface area contributed by atoms with Gasteiger partial charge in [-0.25, -0.2) is 24.0 Å². The summed E-state index contributed by atoms with van der Waals surface area (Å²) in [5.74, 6) is -0.468. The molecular weight excluding hydrogens is 729 g/mol. The van der Waals surface area contributed by atoms with Gasteiger partial charge in [0, 0.05) is 43.8 Å². The minimum atomic E-state index is -0.501. The van der Waals surface area contributed by atoms with Crippen LogP contribution in [-0.2, 0) is 19.0 Å². The Kier molecular flexibility index (Phi) is 20.5. The van der Waals surface area contributed by atoms with E-state index in [9.17, 15) is 24.0 Å². The fraction of sp³-hybridized carbons (Fsp3) is 0.837. The number of amides is 6. The Hall–Kier alpha value is -3.71. The van der Waals surface area contributed by atoms with E-state index in [1.165, 1.54) is 0 Å². The van der Waals surface area contributed by atoms with E-state index < -0.39 is 18.2 Å². The SMILES string of the molecule is C=C(C)C(=O)OCCN(CCCC)C(=O)NC1CC(C)(C)CC(C)(CNC(=O)OCCCCOC(=O)NCC2(C)CC(NC(=O)NCCCCC)CC(C)(C)C2)C1. The summed E-state index contributed by atoms with van der Waals surface area (Å²) in [5, 5.41) is 15.2. The van der Waals surface area contributed by atoms with E-state index in [1.807, 2.05) is 0 Å². The molecule has 2 fully saturated rings. The number of hydrogen-bond acceptors (Lipinski definition) is 8. The summed E-state index contributed by atoms with van der Waals surface area (Å²) >= 11 is 0. The Bertz CT molecular complexity index is 1320. The second kappa shape index (κ2) is 23.6. The number of nitrogens with zero attached hydrogens (tertiary/aromatic N) is 1. The van der Waals surface area contributed by atoms with Gasteiger partial charge in [-0.1, -0.05) is 81.2 Å². The number of unbranched alkanes of at least 4 members (excludes halogenated alkanes) is 4. The van der Waals surface area contributed by atoms with E-state index in [4.69, 9.17) is 14.2 Å². The predicted octanol–water partition coefficient (Wildman–Crippen LogP) is 7.81. The zero-order chi connectivity index (χ0) is 42.7. The third-order valence-electron chi connectivity index (χ3n) is 11.0. The van der Waals surface area contributed by atoms with Gasteiger partial charge in [0.25, 0.3) is 0 Å². The van der Waals surface area contributed by atoms with Gasteiger partial charge in [0.2, 0.25) is 0 Å². The van der Waals surface area contributed by atoms with Crippen LogP contribution in [0.3, 0.4) is 0 Å². The fourth-order valence-electron chi connectivity index (χ4n) is 9.06. The Morgan fingerprint density at radius 3 is 1.63 bits per heavy atom. The summed E-state index contributed by atoms with van der Waals surface area (Å²) in [5.41, 5.74) is -0.195.